The molecule has 2 aromatic carbocycles. The Morgan fingerprint density at radius 1 is 1.16 bits per heavy atom. The molecule has 5 rings (SSSR count). The van der Waals surface area contributed by atoms with Gasteiger partial charge in [-0.15, -0.1) is 0 Å². The number of nitrogens with zero attached hydrogens (tertiary/aromatic N) is 2. The fourth-order valence-corrected chi connectivity index (χ4v) is 5.42. The van der Waals surface area contributed by atoms with E-state index in [1.165, 1.54) is 18.4 Å². The van der Waals surface area contributed by atoms with E-state index < -0.39 is 12.0 Å². The minimum atomic E-state index is -0.770. The second kappa shape index (κ2) is 11.2. The van der Waals surface area contributed by atoms with Crippen LogP contribution in [0.25, 0.3) is 6.08 Å². The molecule has 0 fully saturated rings. The van der Waals surface area contributed by atoms with Crippen molar-refractivity contribution in [1.29, 1.82) is 0 Å². The molecule has 0 unspecified atom stereocenters. The van der Waals surface area contributed by atoms with Crippen LogP contribution in [0.1, 0.15) is 37.4 Å². The van der Waals surface area contributed by atoms with Gasteiger partial charge in [0.05, 0.1) is 29.0 Å². The van der Waals surface area contributed by atoms with Crippen LogP contribution in [0, 0.1) is 0 Å². The van der Waals surface area contributed by atoms with Gasteiger partial charge in [0.2, 0.25) is 6.79 Å². The number of rotatable bonds is 9. The molecule has 2 aliphatic rings. The number of benzene rings is 2. The van der Waals surface area contributed by atoms with Crippen LogP contribution in [-0.4, -0.2) is 44.3 Å². The Hall–Kier alpha value is -3.89. The zero-order valence-electron chi connectivity index (χ0n) is 21.4. The lowest BCUT2D eigenvalue weighted by Crippen LogP contribution is -2.40. The first kappa shape index (κ1) is 25.7. The highest BCUT2D eigenvalue weighted by Gasteiger charge is 2.35. The monoisotopic (exact) mass is 536 g/mol. The number of hydrogen-bond acceptors (Lipinski definition) is 9. The van der Waals surface area contributed by atoms with Crippen LogP contribution in [-0.2, 0) is 14.3 Å². The molecule has 1 atom stereocenters. The number of esters is 1. The number of hydrogen-bond donors (Lipinski definition) is 0. The summed E-state index contributed by atoms with van der Waals surface area (Å²) in [6.07, 6.45) is 2.60. The fraction of sp³-hybridized carbons (Fsp3) is 0.321. The third-order valence-electron chi connectivity index (χ3n) is 6.13. The van der Waals surface area contributed by atoms with E-state index in [2.05, 4.69) is 4.99 Å². The second-order valence-electron chi connectivity index (χ2n) is 8.71. The van der Waals surface area contributed by atoms with Gasteiger partial charge in [-0.25, -0.2) is 9.79 Å². The van der Waals surface area contributed by atoms with E-state index in [1.54, 1.807) is 17.6 Å². The highest BCUT2D eigenvalue weighted by atomic mass is 32.1. The smallest absolute Gasteiger partial charge is 0.338 e. The summed E-state index contributed by atoms with van der Waals surface area (Å²) < 4.78 is 29.5. The number of ether oxygens (including phenoxy) is 5. The van der Waals surface area contributed by atoms with Gasteiger partial charge in [-0.05, 0) is 43.2 Å². The maximum Gasteiger partial charge on any atom is 0.338 e. The molecule has 1 aromatic heterocycles. The summed E-state index contributed by atoms with van der Waals surface area (Å²) in [5.41, 5.74) is 1.98. The third-order valence-corrected chi connectivity index (χ3v) is 7.11. The lowest BCUT2D eigenvalue weighted by atomic mass is 9.95. The van der Waals surface area contributed by atoms with Gasteiger partial charge >= 0.3 is 5.97 Å². The van der Waals surface area contributed by atoms with Gasteiger partial charge in [0.25, 0.3) is 5.56 Å². The number of thiazole rings is 1. The molecular weight excluding hydrogens is 508 g/mol. The van der Waals surface area contributed by atoms with Crippen molar-refractivity contribution in [3.63, 3.8) is 0 Å². The van der Waals surface area contributed by atoms with Crippen molar-refractivity contribution < 1.29 is 28.5 Å². The Labute approximate surface area is 223 Å². The molecule has 0 N–H and O–H groups in total. The molecule has 3 heterocycles. The fourth-order valence-electron chi connectivity index (χ4n) is 4.38. The summed E-state index contributed by atoms with van der Waals surface area (Å²) in [6.45, 7) is 4.78. The minimum absolute atomic E-state index is 0.0847. The lowest BCUT2D eigenvalue weighted by Gasteiger charge is -2.26. The summed E-state index contributed by atoms with van der Waals surface area (Å²) in [4.78, 5) is 32.4. The first-order valence-corrected chi connectivity index (χ1v) is 13.1. The number of fused-ring (bicyclic) bond motifs is 2. The first-order chi connectivity index (χ1) is 18.5. The van der Waals surface area contributed by atoms with Crippen molar-refractivity contribution in [3.8, 4) is 17.2 Å². The Morgan fingerprint density at radius 2 is 1.97 bits per heavy atom. The lowest BCUT2D eigenvalue weighted by molar-refractivity contribution is -0.140. The molecule has 0 saturated carbocycles. The number of para-hydroxylation sites is 1. The molecule has 0 radical (unpaired) electrons. The molecule has 198 valence electrons. The zero-order valence-corrected chi connectivity index (χ0v) is 22.2. The number of carbonyl (C=O) groups is 1. The molecule has 2 aliphatic heterocycles. The van der Waals surface area contributed by atoms with Crippen LogP contribution in [0.4, 0.5) is 0 Å². The normalized spacial score (nSPS) is 16.3. The average molecular weight is 537 g/mol. The van der Waals surface area contributed by atoms with Gasteiger partial charge in [0.1, 0.15) is 18.4 Å². The maximum absolute atomic E-state index is 13.9. The third kappa shape index (κ3) is 4.97. The molecule has 10 heteroatoms. The van der Waals surface area contributed by atoms with E-state index in [-0.39, 0.29) is 31.1 Å². The predicted molar refractivity (Wildman–Crippen MR) is 141 cm³/mol. The molecule has 0 aliphatic carbocycles. The van der Waals surface area contributed by atoms with Crippen molar-refractivity contribution in [1.82, 2.24) is 4.57 Å². The highest BCUT2D eigenvalue weighted by molar-refractivity contribution is 7.07. The van der Waals surface area contributed by atoms with Crippen molar-refractivity contribution in [2.75, 3.05) is 33.7 Å². The molecule has 3 aromatic rings. The van der Waals surface area contributed by atoms with E-state index in [0.29, 0.717) is 44.4 Å². The molecule has 9 nitrogen and oxygen atoms in total. The van der Waals surface area contributed by atoms with E-state index in [0.717, 1.165) is 12.0 Å². The van der Waals surface area contributed by atoms with Crippen molar-refractivity contribution in [2.45, 2.75) is 26.3 Å². The zero-order chi connectivity index (χ0) is 26.6. The van der Waals surface area contributed by atoms with Crippen LogP contribution in [0.5, 0.6) is 17.2 Å². The largest absolute Gasteiger partial charge is 0.493 e. The van der Waals surface area contributed by atoms with E-state index >= 15 is 0 Å². The standard InChI is InChI=1S/C28H28N2O7S/c1-4-11-34-20-8-6-5-7-19(20)25-24(27(32)35-13-12-33-3)17(2)29-28-30(25)26(31)23(38-28)15-18-9-10-21-22(14-18)37-16-36-21/h5-10,14-15,25H,4,11-13,16H2,1-3H3/b23-15+/t25-/m1/s1. The van der Waals surface area contributed by atoms with Crippen LogP contribution in [0.15, 0.2) is 63.5 Å². The van der Waals surface area contributed by atoms with Crippen molar-refractivity contribution in [3.05, 3.63) is 84.5 Å². The summed E-state index contributed by atoms with van der Waals surface area (Å²) in [6, 6.07) is 12.2. The summed E-state index contributed by atoms with van der Waals surface area (Å²) in [7, 11) is 1.54. The van der Waals surface area contributed by atoms with Crippen LogP contribution >= 0.6 is 11.3 Å². The van der Waals surface area contributed by atoms with Crippen LogP contribution < -0.4 is 29.1 Å². The highest BCUT2D eigenvalue weighted by Crippen LogP contribution is 2.36. The Kier molecular flexibility index (Phi) is 7.62. The van der Waals surface area contributed by atoms with Gasteiger partial charge in [-0.1, -0.05) is 42.5 Å². The quantitative estimate of drug-likeness (QED) is 0.306. The molecule has 38 heavy (non-hydrogen) atoms. The van der Waals surface area contributed by atoms with Gasteiger partial charge in [-0.2, -0.15) is 0 Å². The van der Waals surface area contributed by atoms with Crippen molar-refractivity contribution in [2.24, 2.45) is 4.99 Å². The molecule has 0 bridgehead atoms. The van der Waals surface area contributed by atoms with Gasteiger partial charge in [-0.3, -0.25) is 9.36 Å². The average Bonchev–Trinajstić information content (AvgIpc) is 3.50. The first-order valence-electron chi connectivity index (χ1n) is 12.3. The Balaban J connectivity index is 1.66. The maximum atomic E-state index is 13.9. The minimum Gasteiger partial charge on any atom is -0.493 e. The van der Waals surface area contributed by atoms with Gasteiger partial charge in [0.15, 0.2) is 16.3 Å². The number of allylic oxidation sites excluding steroid dienone is 1. The van der Waals surface area contributed by atoms with Crippen LogP contribution in [0.3, 0.4) is 0 Å². The Morgan fingerprint density at radius 3 is 2.79 bits per heavy atom. The topological polar surface area (TPSA) is 97.6 Å². The van der Waals surface area contributed by atoms with Gasteiger partial charge in [0, 0.05) is 12.7 Å². The summed E-state index contributed by atoms with van der Waals surface area (Å²) >= 11 is 1.26. The molecule has 0 saturated heterocycles. The number of methoxy groups -OCH3 is 1. The molecular formula is C28H28N2O7S. The van der Waals surface area contributed by atoms with Gasteiger partial charge < -0.3 is 23.7 Å². The Bertz CT molecular complexity index is 1570. The summed E-state index contributed by atoms with van der Waals surface area (Å²) in [5.74, 6) is 1.34. The number of carbonyl (C=O) groups excluding carboxylic acids is 1. The predicted octanol–water partition coefficient (Wildman–Crippen LogP) is 2.94. The molecule has 0 spiro atoms. The van der Waals surface area contributed by atoms with E-state index in [4.69, 9.17) is 23.7 Å². The van der Waals surface area contributed by atoms with E-state index in [1.807, 2.05) is 49.4 Å². The SMILES string of the molecule is CCCOc1ccccc1[C@@H]1C(C(=O)OCCOC)=C(C)N=c2s/c(=C/c3ccc4c(c3)OCO4)c(=O)n21. The molecule has 0 amide bonds. The number of aromatic nitrogens is 1. The second-order valence-corrected chi connectivity index (χ2v) is 9.72. The van der Waals surface area contributed by atoms with Crippen LogP contribution in [0.2, 0.25) is 0 Å². The summed E-state index contributed by atoms with van der Waals surface area (Å²) in [5, 5.41) is 0. The van der Waals surface area contributed by atoms with E-state index in [9.17, 15) is 9.59 Å². The van der Waals surface area contributed by atoms with Crippen molar-refractivity contribution >= 4 is 23.4 Å².